The number of aliphatic hydroxyl groups excluding tert-OH is 1. The molecule has 2 rings (SSSR count). The van der Waals surface area contributed by atoms with Crippen LogP contribution in [-0.2, 0) is 6.54 Å². The number of nitrogens with one attached hydrogen (secondary N) is 1. The van der Waals surface area contributed by atoms with Crippen molar-refractivity contribution >= 4 is 5.91 Å². The van der Waals surface area contributed by atoms with Crippen LogP contribution < -0.4 is 5.32 Å². The molecule has 5 heteroatoms. The van der Waals surface area contributed by atoms with E-state index in [0.717, 1.165) is 11.1 Å². The molecular formula is C15H14N2O3. The zero-order chi connectivity index (χ0) is 14.4. The van der Waals surface area contributed by atoms with E-state index in [9.17, 15) is 4.79 Å². The van der Waals surface area contributed by atoms with E-state index >= 15 is 0 Å². The lowest BCUT2D eigenvalue weighted by Crippen LogP contribution is -2.23. The van der Waals surface area contributed by atoms with Crippen molar-refractivity contribution in [3.8, 4) is 11.8 Å². The van der Waals surface area contributed by atoms with Gasteiger partial charge < -0.3 is 14.8 Å². The van der Waals surface area contributed by atoms with Crippen LogP contribution in [0.5, 0.6) is 0 Å². The summed E-state index contributed by atoms with van der Waals surface area (Å²) in [5.74, 6) is 5.32. The van der Waals surface area contributed by atoms with Gasteiger partial charge in [0, 0.05) is 12.1 Å². The fourth-order valence-corrected chi connectivity index (χ4v) is 1.68. The van der Waals surface area contributed by atoms with Crippen LogP contribution in [0, 0.1) is 18.8 Å². The van der Waals surface area contributed by atoms with E-state index in [1.54, 1.807) is 6.92 Å². The number of amides is 1. The lowest BCUT2D eigenvalue weighted by molar-refractivity contribution is 0.0922. The molecule has 1 amide bonds. The molecule has 0 spiro atoms. The van der Waals surface area contributed by atoms with Crippen molar-refractivity contribution in [1.29, 1.82) is 0 Å². The van der Waals surface area contributed by atoms with Gasteiger partial charge in [-0.2, -0.15) is 0 Å². The molecule has 0 bridgehead atoms. The molecule has 20 heavy (non-hydrogen) atoms. The van der Waals surface area contributed by atoms with Crippen molar-refractivity contribution in [2.75, 3.05) is 6.61 Å². The van der Waals surface area contributed by atoms with Crippen LogP contribution in [0.3, 0.4) is 0 Å². The fourth-order valence-electron chi connectivity index (χ4n) is 1.68. The summed E-state index contributed by atoms with van der Waals surface area (Å²) in [6.45, 7) is 1.91. The second-order valence-corrected chi connectivity index (χ2v) is 4.11. The SMILES string of the molecule is Cc1ncoc1C(=O)NCc1cccc(C#CCO)c1. The highest BCUT2D eigenvalue weighted by Crippen LogP contribution is 2.07. The Labute approximate surface area is 116 Å². The smallest absolute Gasteiger partial charge is 0.289 e. The first-order chi connectivity index (χ1) is 9.70. The molecule has 0 saturated heterocycles. The minimum atomic E-state index is -0.299. The van der Waals surface area contributed by atoms with Crippen LogP contribution >= 0.6 is 0 Å². The quantitative estimate of drug-likeness (QED) is 0.823. The Morgan fingerprint density at radius 2 is 2.35 bits per heavy atom. The van der Waals surface area contributed by atoms with E-state index in [1.807, 2.05) is 24.3 Å². The largest absolute Gasteiger partial charge is 0.438 e. The normalized spacial score (nSPS) is 9.70. The van der Waals surface area contributed by atoms with Gasteiger partial charge in [-0.1, -0.05) is 24.0 Å². The fraction of sp³-hybridized carbons (Fsp3) is 0.200. The number of nitrogens with zero attached hydrogens (tertiary/aromatic N) is 1. The maximum absolute atomic E-state index is 11.9. The number of oxazole rings is 1. The maximum Gasteiger partial charge on any atom is 0.289 e. The molecule has 1 aromatic heterocycles. The zero-order valence-corrected chi connectivity index (χ0v) is 11.0. The molecule has 0 atom stereocenters. The van der Waals surface area contributed by atoms with Crippen LogP contribution in [0.15, 0.2) is 35.1 Å². The number of benzene rings is 1. The number of carbonyl (C=O) groups is 1. The van der Waals surface area contributed by atoms with Crippen molar-refractivity contribution in [3.63, 3.8) is 0 Å². The first-order valence-electron chi connectivity index (χ1n) is 6.07. The molecule has 2 aromatic rings. The van der Waals surface area contributed by atoms with Gasteiger partial charge in [-0.25, -0.2) is 4.98 Å². The topological polar surface area (TPSA) is 75.4 Å². The standard InChI is InChI=1S/C15H14N2O3/c1-11-14(20-10-17-11)15(19)16-9-13-5-2-4-12(8-13)6-3-7-18/h2,4-5,8,10,18H,7,9H2,1H3,(H,16,19). The molecular weight excluding hydrogens is 256 g/mol. The molecule has 0 aliphatic carbocycles. The number of carbonyl (C=O) groups excluding carboxylic acids is 1. The summed E-state index contributed by atoms with van der Waals surface area (Å²) in [7, 11) is 0. The van der Waals surface area contributed by atoms with Crippen LogP contribution in [0.1, 0.15) is 27.4 Å². The van der Waals surface area contributed by atoms with E-state index in [0.29, 0.717) is 12.2 Å². The lowest BCUT2D eigenvalue weighted by Gasteiger charge is -2.04. The van der Waals surface area contributed by atoms with Crippen LogP contribution in [0.25, 0.3) is 0 Å². The minimum Gasteiger partial charge on any atom is -0.438 e. The van der Waals surface area contributed by atoms with Gasteiger partial charge in [-0.15, -0.1) is 0 Å². The summed E-state index contributed by atoms with van der Waals surface area (Å²) in [6.07, 6.45) is 1.25. The summed E-state index contributed by atoms with van der Waals surface area (Å²) in [5.41, 5.74) is 2.27. The molecule has 1 aromatic carbocycles. The summed E-state index contributed by atoms with van der Waals surface area (Å²) in [4.78, 5) is 15.7. The number of hydrogen-bond acceptors (Lipinski definition) is 4. The molecule has 0 unspecified atom stereocenters. The Bertz CT molecular complexity index is 665. The monoisotopic (exact) mass is 270 g/mol. The first-order valence-corrected chi connectivity index (χ1v) is 6.07. The van der Waals surface area contributed by atoms with E-state index in [-0.39, 0.29) is 18.3 Å². The Balaban J connectivity index is 2.01. The first kappa shape index (κ1) is 13.8. The highest BCUT2D eigenvalue weighted by Gasteiger charge is 2.13. The second-order valence-electron chi connectivity index (χ2n) is 4.11. The van der Waals surface area contributed by atoms with Crippen molar-refractivity contribution in [3.05, 3.63) is 53.2 Å². The van der Waals surface area contributed by atoms with Crippen LogP contribution in [-0.4, -0.2) is 22.6 Å². The summed E-state index contributed by atoms with van der Waals surface area (Å²) >= 11 is 0. The molecule has 2 N–H and O–H groups in total. The van der Waals surface area contributed by atoms with E-state index < -0.39 is 0 Å². The molecule has 5 nitrogen and oxygen atoms in total. The van der Waals surface area contributed by atoms with Crippen molar-refractivity contribution in [2.45, 2.75) is 13.5 Å². The van der Waals surface area contributed by atoms with Gasteiger partial charge in [0.25, 0.3) is 5.91 Å². The highest BCUT2D eigenvalue weighted by atomic mass is 16.3. The lowest BCUT2D eigenvalue weighted by atomic mass is 10.1. The van der Waals surface area contributed by atoms with E-state index in [4.69, 9.17) is 9.52 Å². The molecule has 0 fully saturated rings. The van der Waals surface area contributed by atoms with Gasteiger partial charge in [0.2, 0.25) is 5.76 Å². The summed E-state index contributed by atoms with van der Waals surface area (Å²) < 4.78 is 5.02. The van der Waals surface area contributed by atoms with Gasteiger partial charge in [0.15, 0.2) is 6.39 Å². The third-order valence-corrected chi connectivity index (χ3v) is 2.64. The Morgan fingerprint density at radius 3 is 3.05 bits per heavy atom. The molecule has 102 valence electrons. The predicted molar refractivity (Wildman–Crippen MR) is 72.8 cm³/mol. The number of hydrogen-bond donors (Lipinski definition) is 2. The Kier molecular flexibility index (Phi) is 4.53. The average Bonchev–Trinajstić information content (AvgIpc) is 2.89. The van der Waals surface area contributed by atoms with Gasteiger partial charge in [-0.3, -0.25) is 4.79 Å². The van der Waals surface area contributed by atoms with Gasteiger partial charge in [0.05, 0.1) is 5.69 Å². The van der Waals surface area contributed by atoms with Gasteiger partial charge in [-0.05, 0) is 24.6 Å². The molecule has 0 aliphatic rings. The number of aryl methyl sites for hydroxylation is 1. The summed E-state index contributed by atoms with van der Waals surface area (Å²) in [6, 6.07) is 7.44. The highest BCUT2D eigenvalue weighted by molar-refractivity contribution is 5.92. The van der Waals surface area contributed by atoms with Gasteiger partial charge >= 0.3 is 0 Å². The van der Waals surface area contributed by atoms with E-state index in [2.05, 4.69) is 22.1 Å². The summed E-state index contributed by atoms with van der Waals surface area (Å²) in [5, 5.41) is 11.4. The predicted octanol–water partition coefficient (Wildman–Crippen LogP) is 1.26. The zero-order valence-electron chi connectivity index (χ0n) is 11.0. The Hall–Kier alpha value is -2.58. The van der Waals surface area contributed by atoms with E-state index in [1.165, 1.54) is 6.39 Å². The van der Waals surface area contributed by atoms with Crippen molar-refractivity contribution in [2.24, 2.45) is 0 Å². The van der Waals surface area contributed by atoms with Crippen molar-refractivity contribution in [1.82, 2.24) is 10.3 Å². The number of aromatic nitrogens is 1. The van der Waals surface area contributed by atoms with Crippen molar-refractivity contribution < 1.29 is 14.3 Å². The number of aliphatic hydroxyl groups is 1. The molecule has 0 saturated carbocycles. The van der Waals surface area contributed by atoms with Crippen LogP contribution in [0.2, 0.25) is 0 Å². The molecule has 1 heterocycles. The van der Waals surface area contributed by atoms with Gasteiger partial charge in [0.1, 0.15) is 6.61 Å². The number of rotatable bonds is 3. The molecule has 0 aliphatic heterocycles. The minimum absolute atomic E-state index is 0.175. The third-order valence-electron chi connectivity index (χ3n) is 2.64. The Morgan fingerprint density at radius 1 is 1.50 bits per heavy atom. The third kappa shape index (κ3) is 3.46. The second kappa shape index (κ2) is 6.55. The van der Waals surface area contributed by atoms with Crippen LogP contribution in [0.4, 0.5) is 0 Å². The molecule has 0 radical (unpaired) electrons. The average molecular weight is 270 g/mol. The maximum atomic E-state index is 11.9.